The molecule has 0 fully saturated rings. The fraction of sp³-hybridized carbons (Fsp3) is 0.0727. The number of amidine groups is 2. The Labute approximate surface area is 349 Å². The van der Waals surface area contributed by atoms with E-state index in [0.717, 1.165) is 55.3 Å². The fourth-order valence-corrected chi connectivity index (χ4v) is 8.33. The van der Waals surface area contributed by atoms with E-state index in [-0.39, 0.29) is 11.3 Å². The minimum Gasteiger partial charge on any atom is -0.309 e. The van der Waals surface area contributed by atoms with Gasteiger partial charge in [-0.2, -0.15) is 0 Å². The summed E-state index contributed by atoms with van der Waals surface area (Å²) in [6, 6.07) is 68.1. The molecule has 8 aromatic carbocycles. The van der Waals surface area contributed by atoms with Crippen molar-refractivity contribution in [2.24, 2.45) is 9.98 Å². The van der Waals surface area contributed by atoms with Crippen molar-refractivity contribution < 1.29 is 0 Å². The highest BCUT2D eigenvalue weighted by atomic mass is 15.1. The summed E-state index contributed by atoms with van der Waals surface area (Å²) in [7, 11) is 0. The first-order valence-corrected chi connectivity index (χ1v) is 20.4. The van der Waals surface area contributed by atoms with Crippen LogP contribution in [0, 0.1) is 5.41 Å². The summed E-state index contributed by atoms with van der Waals surface area (Å²) in [6.45, 7) is 6.62. The van der Waals surface area contributed by atoms with Crippen LogP contribution in [0.2, 0.25) is 0 Å². The molecular weight excluding hydrogens is 731 g/mol. The molecule has 0 aliphatic rings. The number of para-hydroxylation sites is 3. The fourth-order valence-electron chi connectivity index (χ4n) is 8.33. The molecule has 0 amide bonds. The van der Waals surface area contributed by atoms with Gasteiger partial charge < -0.3 is 4.57 Å². The third kappa shape index (κ3) is 6.70. The molecule has 0 radical (unpaired) electrons. The van der Waals surface area contributed by atoms with Gasteiger partial charge in [0, 0.05) is 38.4 Å². The van der Waals surface area contributed by atoms with E-state index in [9.17, 15) is 0 Å². The number of rotatable bonds is 6. The van der Waals surface area contributed by atoms with Crippen LogP contribution in [0.1, 0.15) is 37.5 Å². The van der Waals surface area contributed by atoms with Crippen molar-refractivity contribution in [3.63, 3.8) is 0 Å². The molecule has 2 aromatic heterocycles. The van der Waals surface area contributed by atoms with Crippen molar-refractivity contribution in [1.82, 2.24) is 9.13 Å². The normalized spacial score (nSPS) is 12.3. The number of fused-ring (bicyclic) bond motifs is 6. The lowest BCUT2D eigenvalue weighted by Gasteiger charge is -2.19. The van der Waals surface area contributed by atoms with E-state index >= 15 is 0 Å². The predicted octanol–water partition coefficient (Wildman–Crippen LogP) is 13.9. The molecule has 5 heteroatoms. The van der Waals surface area contributed by atoms with E-state index in [1.165, 1.54) is 32.9 Å². The first-order valence-electron chi connectivity index (χ1n) is 20.4. The highest BCUT2D eigenvalue weighted by Gasteiger charge is 2.17. The maximum absolute atomic E-state index is 8.89. The Hall–Kier alpha value is -7.63. The average molecular weight is 774 g/mol. The van der Waals surface area contributed by atoms with Crippen LogP contribution in [-0.2, 0) is 5.41 Å². The Morgan fingerprint density at radius 3 is 1.60 bits per heavy atom. The quantitative estimate of drug-likeness (QED) is 0.129. The van der Waals surface area contributed by atoms with Gasteiger partial charge in [-0.15, -0.1) is 0 Å². The van der Waals surface area contributed by atoms with Crippen LogP contribution in [0.15, 0.2) is 204 Å². The number of nitrogens with one attached hydrogen (secondary N) is 1. The molecule has 5 nitrogen and oxygen atoms in total. The van der Waals surface area contributed by atoms with Crippen LogP contribution in [0.4, 0.5) is 0 Å². The Kier molecular flexibility index (Phi) is 9.14. The summed E-state index contributed by atoms with van der Waals surface area (Å²) >= 11 is 0. The number of hydrogen-bond acceptors (Lipinski definition) is 1. The SMILES string of the molecule is CC(C)(C)c1ccc(C(=N/C(=N)c2ccccc2)/N=C/n2c3ccccc3c3ccc(-c4ccc(-c5ccc6c7ccccc7n(-c7ccccc7)c6c5)cc4)cc32)cc1. The molecule has 0 unspecified atom stereocenters. The van der Waals surface area contributed by atoms with Gasteiger partial charge in [-0.05, 0) is 69.6 Å². The molecule has 60 heavy (non-hydrogen) atoms. The monoisotopic (exact) mass is 773 g/mol. The maximum atomic E-state index is 8.89. The maximum Gasteiger partial charge on any atom is 0.163 e. The Bertz CT molecular complexity index is 3270. The summed E-state index contributed by atoms with van der Waals surface area (Å²) < 4.78 is 4.51. The van der Waals surface area contributed by atoms with Crippen molar-refractivity contribution in [3.8, 4) is 27.9 Å². The van der Waals surface area contributed by atoms with Gasteiger partial charge in [-0.1, -0.05) is 178 Å². The first kappa shape index (κ1) is 36.7. The van der Waals surface area contributed by atoms with Gasteiger partial charge in [0.05, 0.1) is 22.1 Å². The van der Waals surface area contributed by atoms with Crippen LogP contribution >= 0.6 is 0 Å². The van der Waals surface area contributed by atoms with Crippen molar-refractivity contribution >= 4 is 61.6 Å². The van der Waals surface area contributed by atoms with Gasteiger partial charge in [-0.25, -0.2) is 9.98 Å². The minimum atomic E-state index is 0.0101. The van der Waals surface area contributed by atoms with Crippen molar-refractivity contribution in [1.29, 1.82) is 5.41 Å². The molecule has 0 saturated carbocycles. The molecule has 0 spiro atoms. The van der Waals surface area contributed by atoms with E-state index in [1.807, 2.05) is 36.7 Å². The molecule has 0 bridgehead atoms. The number of nitrogens with zero attached hydrogens (tertiary/aromatic N) is 4. The van der Waals surface area contributed by atoms with E-state index in [2.05, 4.69) is 194 Å². The standard InChI is InChI=1S/C55H43N5/c1-55(2,3)43-30-26-40(27-31-43)54(58-53(56)39-14-6-4-7-15-39)57-36-59-49-20-12-10-18-45(49)47-32-28-41(34-51(47)59)37-22-24-38(25-23-37)42-29-33-48-46-19-11-13-21-50(46)60(52(48)35-42)44-16-8-5-9-17-44/h4-36,56H,1-3H3/b56-53?,57-36+,58-54-. The van der Waals surface area contributed by atoms with Crippen molar-refractivity contribution in [3.05, 3.63) is 211 Å². The molecule has 10 rings (SSSR count). The third-order valence-electron chi connectivity index (χ3n) is 11.5. The molecule has 0 atom stereocenters. The number of hydrogen-bond donors (Lipinski definition) is 1. The van der Waals surface area contributed by atoms with E-state index in [4.69, 9.17) is 15.4 Å². The van der Waals surface area contributed by atoms with Gasteiger partial charge in [0.15, 0.2) is 11.7 Å². The zero-order chi connectivity index (χ0) is 40.8. The summed E-state index contributed by atoms with van der Waals surface area (Å²) in [5.41, 5.74) is 13.0. The topological polar surface area (TPSA) is 58.4 Å². The minimum absolute atomic E-state index is 0.0101. The Morgan fingerprint density at radius 2 is 0.967 bits per heavy atom. The predicted molar refractivity (Wildman–Crippen MR) is 253 cm³/mol. The molecular formula is C55H43N5. The van der Waals surface area contributed by atoms with Gasteiger partial charge in [0.1, 0.15) is 6.34 Å². The molecule has 0 aliphatic heterocycles. The molecule has 0 saturated heterocycles. The van der Waals surface area contributed by atoms with Crippen LogP contribution in [0.25, 0.3) is 71.6 Å². The molecule has 1 N–H and O–H groups in total. The van der Waals surface area contributed by atoms with Crippen LogP contribution < -0.4 is 0 Å². The summed E-state index contributed by atoms with van der Waals surface area (Å²) in [5, 5.41) is 13.7. The lowest BCUT2D eigenvalue weighted by atomic mass is 9.86. The lowest BCUT2D eigenvalue weighted by Crippen LogP contribution is -2.12. The number of aliphatic imine (C=N–C) groups is 2. The lowest BCUT2D eigenvalue weighted by molar-refractivity contribution is 0.590. The smallest absolute Gasteiger partial charge is 0.163 e. The summed E-state index contributed by atoms with van der Waals surface area (Å²) in [6.07, 6.45) is 1.86. The van der Waals surface area contributed by atoms with Gasteiger partial charge in [0.25, 0.3) is 0 Å². The average Bonchev–Trinajstić information content (AvgIpc) is 3.79. The van der Waals surface area contributed by atoms with E-state index < -0.39 is 0 Å². The van der Waals surface area contributed by atoms with Crippen LogP contribution in [0.5, 0.6) is 0 Å². The summed E-state index contributed by atoms with van der Waals surface area (Å²) in [4.78, 5) is 9.85. The molecule has 288 valence electrons. The highest BCUT2D eigenvalue weighted by molar-refractivity contribution is 6.16. The Balaban J connectivity index is 1.03. The largest absolute Gasteiger partial charge is 0.309 e. The molecule has 0 aliphatic carbocycles. The van der Waals surface area contributed by atoms with Crippen LogP contribution in [-0.4, -0.2) is 27.1 Å². The second kappa shape index (κ2) is 14.9. The Morgan fingerprint density at radius 1 is 0.467 bits per heavy atom. The third-order valence-corrected chi connectivity index (χ3v) is 11.5. The van der Waals surface area contributed by atoms with Crippen molar-refractivity contribution in [2.45, 2.75) is 26.2 Å². The number of benzene rings is 8. The van der Waals surface area contributed by atoms with Crippen molar-refractivity contribution in [2.75, 3.05) is 0 Å². The van der Waals surface area contributed by atoms with Gasteiger partial charge in [-0.3, -0.25) is 9.98 Å². The summed E-state index contributed by atoms with van der Waals surface area (Å²) in [5.74, 6) is 0.637. The van der Waals surface area contributed by atoms with E-state index in [1.54, 1.807) is 0 Å². The first-order chi connectivity index (χ1) is 29.3. The zero-order valence-electron chi connectivity index (χ0n) is 33.8. The molecule has 10 aromatic rings. The van der Waals surface area contributed by atoms with Gasteiger partial charge in [0.2, 0.25) is 0 Å². The zero-order valence-corrected chi connectivity index (χ0v) is 33.8. The second-order valence-corrected chi connectivity index (χ2v) is 16.3. The van der Waals surface area contributed by atoms with E-state index in [0.29, 0.717) is 5.84 Å². The number of aromatic nitrogens is 2. The van der Waals surface area contributed by atoms with Crippen LogP contribution in [0.3, 0.4) is 0 Å². The van der Waals surface area contributed by atoms with Gasteiger partial charge >= 0.3 is 0 Å². The second-order valence-electron chi connectivity index (χ2n) is 16.3. The molecule has 2 heterocycles. The highest BCUT2D eigenvalue weighted by Crippen LogP contribution is 2.36.